The third-order valence-corrected chi connectivity index (χ3v) is 3.32. The Hall–Kier alpha value is -0.570. The van der Waals surface area contributed by atoms with Crippen molar-refractivity contribution in [2.45, 2.75) is 46.1 Å². The minimum Gasteiger partial charge on any atom is -0.393 e. The van der Waals surface area contributed by atoms with Gasteiger partial charge in [-0.05, 0) is 31.6 Å². The number of carbonyl (C=O) groups excluding carboxylic acids is 1. The number of aliphatic hydroxyl groups excluding tert-OH is 1. The molecule has 3 heteroatoms. The molecular weight excluding hydrogens is 190 g/mol. The van der Waals surface area contributed by atoms with E-state index in [0.29, 0.717) is 31.2 Å². The van der Waals surface area contributed by atoms with E-state index in [4.69, 9.17) is 0 Å². The molecule has 15 heavy (non-hydrogen) atoms. The maximum atomic E-state index is 11.8. The Bertz CT molecular complexity index is 214. The molecular formula is C12H23NO2. The first-order valence-electron chi connectivity index (χ1n) is 5.96. The number of carbonyl (C=O) groups is 1. The number of aliphatic hydroxyl groups is 1. The van der Waals surface area contributed by atoms with Crippen molar-refractivity contribution in [3.8, 4) is 0 Å². The Kier molecular flexibility index (Phi) is 4.58. The molecule has 0 aromatic carbocycles. The molecule has 0 saturated carbocycles. The van der Waals surface area contributed by atoms with Gasteiger partial charge in [-0.25, -0.2) is 0 Å². The second-order valence-corrected chi connectivity index (χ2v) is 5.02. The van der Waals surface area contributed by atoms with Crippen molar-refractivity contribution in [2.24, 2.45) is 11.8 Å². The Balaban J connectivity index is 2.36. The van der Waals surface area contributed by atoms with Crippen LogP contribution in [-0.2, 0) is 4.79 Å². The Morgan fingerprint density at radius 1 is 1.47 bits per heavy atom. The van der Waals surface area contributed by atoms with Crippen molar-refractivity contribution in [1.29, 1.82) is 0 Å². The van der Waals surface area contributed by atoms with Gasteiger partial charge in [-0.15, -0.1) is 0 Å². The third-order valence-electron chi connectivity index (χ3n) is 3.32. The zero-order valence-electron chi connectivity index (χ0n) is 10.1. The largest absolute Gasteiger partial charge is 0.393 e. The van der Waals surface area contributed by atoms with E-state index < -0.39 is 0 Å². The second kappa shape index (κ2) is 5.50. The van der Waals surface area contributed by atoms with Crippen LogP contribution in [0.15, 0.2) is 0 Å². The van der Waals surface area contributed by atoms with Crippen LogP contribution in [-0.4, -0.2) is 35.1 Å². The quantitative estimate of drug-likeness (QED) is 0.771. The summed E-state index contributed by atoms with van der Waals surface area (Å²) in [4.78, 5) is 13.7. The lowest BCUT2D eigenvalue weighted by atomic mass is 9.86. The molecule has 1 aliphatic heterocycles. The molecule has 88 valence electrons. The molecule has 1 N–H and O–H groups in total. The normalized spacial score (nSPS) is 24.7. The molecule has 3 nitrogen and oxygen atoms in total. The van der Waals surface area contributed by atoms with Crippen LogP contribution in [0.25, 0.3) is 0 Å². The molecule has 1 rings (SSSR count). The Morgan fingerprint density at radius 3 is 2.60 bits per heavy atom. The summed E-state index contributed by atoms with van der Waals surface area (Å²) in [6.07, 6.45) is 2.19. The Labute approximate surface area is 92.5 Å². The molecule has 0 radical (unpaired) electrons. The SMILES string of the molecule is CC(O)CCN1CCC(C(C)C)CC1=O. The number of likely N-dealkylation sites (tertiary alicyclic amines) is 1. The third kappa shape index (κ3) is 3.82. The lowest BCUT2D eigenvalue weighted by molar-refractivity contribution is -0.136. The standard InChI is InChI=1S/C12H23NO2/c1-9(2)11-5-7-13(12(15)8-11)6-4-10(3)14/h9-11,14H,4-8H2,1-3H3. The van der Waals surface area contributed by atoms with Crippen molar-refractivity contribution >= 4 is 5.91 Å². The number of hydrogen-bond acceptors (Lipinski definition) is 2. The van der Waals surface area contributed by atoms with Gasteiger partial charge in [0.25, 0.3) is 0 Å². The second-order valence-electron chi connectivity index (χ2n) is 5.02. The number of hydrogen-bond donors (Lipinski definition) is 1. The van der Waals surface area contributed by atoms with E-state index in [1.807, 2.05) is 4.90 Å². The van der Waals surface area contributed by atoms with Crippen LogP contribution in [0.5, 0.6) is 0 Å². The fraction of sp³-hybridized carbons (Fsp3) is 0.917. The summed E-state index contributed by atoms with van der Waals surface area (Å²) in [6.45, 7) is 7.72. The number of nitrogens with zero attached hydrogens (tertiary/aromatic N) is 1. The molecule has 0 aliphatic carbocycles. The highest BCUT2D eigenvalue weighted by atomic mass is 16.3. The summed E-state index contributed by atoms with van der Waals surface area (Å²) in [5, 5.41) is 9.17. The average Bonchev–Trinajstić information content (AvgIpc) is 2.15. The smallest absolute Gasteiger partial charge is 0.222 e. The maximum Gasteiger partial charge on any atom is 0.222 e. The van der Waals surface area contributed by atoms with Crippen LogP contribution in [0.3, 0.4) is 0 Å². The van der Waals surface area contributed by atoms with Crippen LogP contribution in [0.1, 0.15) is 40.0 Å². The summed E-state index contributed by atoms with van der Waals surface area (Å²) in [5.41, 5.74) is 0. The highest BCUT2D eigenvalue weighted by molar-refractivity contribution is 5.77. The topological polar surface area (TPSA) is 40.5 Å². The van der Waals surface area contributed by atoms with Crippen LogP contribution >= 0.6 is 0 Å². The molecule has 0 aromatic rings. The van der Waals surface area contributed by atoms with E-state index in [1.165, 1.54) is 0 Å². The molecule has 1 heterocycles. The zero-order valence-corrected chi connectivity index (χ0v) is 10.1. The Morgan fingerprint density at radius 2 is 2.13 bits per heavy atom. The zero-order chi connectivity index (χ0) is 11.4. The van der Waals surface area contributed by atoms with Gasteiger partial charge in [0.05, 0.1) is 6.10 Å². The minimum atomic E-state index is -0.305. The minimum absolute atomic E-state index is 0.264. The van der Waals surface area contributed by atoms with Gasteiger partial charge in [0.2, 0.25) is 5.91 Å². The van der Waals surface area contributed by atoms with E-state index >= 15 is 0 Å². The van der Waals surface area contributed by atoms with Gasteiger partial charge >= 0.3 is 0 Å². The summed E-state index contributed by atoms with van der Waals surface area (Å²) >= 11 is 0. The van der Waals surface area contributed by atoms with Gasteiger partial charge in [0.1, 0.15) is 0 Å². The predicted molar refractivity (Wildman–Crippen MR) is 60.4 cm³/mol. The van der Waals surface area contributed by atoms with Crippen molar-refractivity contribution in [2.75, 3.05) is 13.1 Å². The highest BCUT2D eigenvalue weighted by Crippen LogP contribution is 2.25. The summed E-state index contributed by atoms with van der Waals surface area (Å²) in [6, 6.07) is 0. The summed E-state index contributed by atoms with van der Waals surface area (Å²) in [7, 11) is 0. The molecule has 1 fully saturated rings. The van der Waals surface area contributed by atoms with Gasteiger partial charge < -0.3 is 10.0 Å². The predicted octanol–water partition coefficient (Wildman–Crippen LogP) is 1.65. The monoisotopic (exact) mass is 213 g/mol. The summed E-state index contributed by atoms with van der Waals surface area (Å²) in [5.74, 6) is 1.42. The number of piperidine rings is 1. The van der Waals surface area contributed by atoms with Crippen molar-refractivity contribution in [3.63, 3.8) is 0 Å². The van der Waals surface area contributed by atoms with E-state index in [9.17, 15) is 9.90 Å². The average molecular weight is 213 g/mol. The van der Waals surface area contributed by atoms with Crippen molar-refractivity contribution < 1.29 is 9.90 Å². The summed E-state index contributed by atoms with van der Waals surface area (Å²) < 4.78 is 0. The molecule has 1 saturated heterocycles. The first-order chi connectivity index (χ1) is 7.00. The van der Waals surface area contributed by atoms with Gasteiger partial charge in [0.15, 0.2) is 0 Å². The molecule has 0 aromatic heterocycles. The van der Waals surface area contributed by atoms with Gasteiger partial charge in [0, 0.05) is 19.5 Å². The van der Waals surface area contributed by atoms with Gasteiger partial charge in [-0.2, -0.15) is 0 Å². The molecule has 2 atom stereocenters. The van der Waals surface area contributed by atoms with Gasteiger partial charge in [-0.3, -0.25) is 4.79 Å². The number of amides is 1. The lowest BCUT2D eigenvalue weighted by Crippen LogP contribution is -2.41. The molecule has 0 bridgehead atoms. The molecule has 0 spiro atoms. The van der Waals surface area contributed by atoms with Gasteiger partial charge in [-0.1, -0.05) is 13.8 Å². The fourth-order valence-electron chi connectivity index (χ4n) is 2.05. The van der Waals surface area contributed by atoms with Crippen LogP contribution in [0.4, 0.5) is 0 Å². The fourth-order valence-corrected chi connectivity index (χ4v) is 2.05. The van der Waals surface area contributed by atoms with Crippen LogP contribution in [0.2, 0.25) is 0 Å². The van der Waals surface area contributed by atoms with E-state index in [1.54, 1.807) is 6.92 Å². The van der Waals surface area contributed by atoms with E-state index in [2.05, 4.69) is 13.8 Å². The van der Waals surface area contributed by atoms with Crippen LogP contribution in [0, 0.1) is 11.8 Å². The van der Waals surface area contributed by atoms with E-state index in [0.717, 1.165) is 13.0 Å². The first kappa shape index (κ1) is 12.5. The van der Waals surface area contributed by atoms with Crippen molar-refractivity contribution in [3.05, 3.63) is 0 Å². The molecule has 1 amide bonds. The first-order valence-corrected chi connectivity index (χ1v) is 5.96. The van der Waals surface area contributed by atoms with E-state index in [-0.39, 0.29) is 12.0 Å². The molecule has 2 unspecified atom stereocenters. The number of rotatable bonds is 4. The highest BCUT2D eigenvalue weighted by Gasteiger charge is 2.27. The lowest BCUT2D eigenvalue weighted by Gasteiger charge is -2.33. The maximum absolute atomic E-state index is 11.8. The van der Waals surface area contributed by atoms with Crippen molar-refractivity contribution in [1.82, 2.24) is 4.90 Å². The van der Waals surface area contributed by atoms with Crippen LogP contribution < -0.4 is 0 Å². The molecule has 1 aliphatic rings.